The number of carbonyl (C=O) groups excluding carboxylic acids is 1. The van der Waals surface area contributed by atoms with Crippen LogP contribution in [0.4, 0.5) is 0 Å². The van der Waals surface area contributed by atoms with E-state index in [1.807, 2.05) is 45.9 Å². The van der Waals surface area contributed by atoms with Crippen molar-refractivity contribution in [2.24, 2.45) is 11.8 Å². The molecule has 0 saturated carbocycles. The number of hydrogen-bond donors (Lipinski definition) is 6. The third kappa shape index (κ3) is 7.05. The Balaban J connectivity index is 1.91. The smallest absolute Gasteiger partial charge is 0.200 e. The zero-order valence-corrected chi connectivity index (χ0v) is 29.2. The number of fused-ring (bicyclic) bond motifs is 1. The van der Waals surface area contributed by atoms with Crippen molar-refractivity contribution in [1.82, 2.24) is 0 Å². The Morgan fingerprint density at radius 3 is 2.18 bits per heavy atom. The largest absolute Gasteiger partial charge is 0.508 e. The lowest BCUT2D eigenvalue weighted by molar-refractivity contribution is 0.0862. The molecule has 1 heterocycles. The molecule has 0 saturated heterocycles. The lowest BCUT2D eigenvalue weighted by Gasteiger charge is -2.38. The van der Waals surface area contributed by atoms with E-state index in [1.165, 1.54) is 24.3 Å². The van der Waals surface area contributed by atoms with Crippen LogP contribution < -0.4 is 5.43 Å². The van der Waals surface area contributed by atoms with Crippen LogP contribution in [-0.4, -0.2) is 36.4 Å². The molecule has 0 bridgehead atoms. The summed E-state index contributed by atoms with van der Waals surface area (Å²) < 4.78 is 6.49. The lowest BCUT2D eigenvalue weighted by Crippen LogP contribution is -2.34. The number of aromatic hydroxyl groups is 6. The zero-order valence-electron chi connectivity index (χ0n) is 29.2. The minimum atomic E-state index is -1.02. The van der Waals surface area contributed by atoms with Crippen molar-refractivity contribution < 1.29 is 39.9 Å². The molecule has 3 unspecified atom stereocenters. The number of phenolic OH excluding ortho intramolecular Hbond substituents is 6. The van der Waals surface area contributed by atoms with Gasteiger partial charge in [-0.2, -0.15) is 0 Å². The van der Waals surface area contributed by atoms with Gasteiger partial charge >= 0.3 is 0 Å². The zero-order chi connectivity index (χ0) is 37.3. The molecule has 264 valence electrons. The second kappa shape index (κ2) is 14.5. The van der Waals surface area contributed by atoms with E-state index in [0.29, 0.717) is 12.0 Å². The van der Waals surface area contributed by atoms with Gasteiger partial charge in [-0.25, -0.2) is 0 Å². The summed E-state index contributed by atoms with van der Waals surface area (Å²) in [5, 5.41) is 64.4. The molecule has 9 heteroatoms. The SMILES string of the molecule is C=C(C)/C(=C\C=C(C)C)C1CC(C)=CC(c2c(O)cc(O)c3c(=O)c(C/C=C\C)c(-c4ccc(O)cc4O)oc23)C1C(=O)c1ccc(O)cc1O. The third-order valence-electron chi connectivity index (χ3n) is 9.24. The Morgan fingerprint density at radius 1 is 0.902 bits per heavy atom. The van der Waals surface area contributed by atoms with Crippen molar-refractivity contribution in [3.8, 4) is 45.8 Å². The first-order valence-electron chi connectivity index (χ1n) is 16.6. The standard InChI is InChI=1S/C42H42O9/c1-7-8-9-29-40(50)38-35(48)20-34(47)37(42(38)51-41(29)28-15-12-25(44)19-33(28)46)31-17-23(6)16-30(26(22(4)5)13-10-21(2)3)36(31)39(49)27-14-11-24(43)18-32(27)45/h7-8,10-15,17-20,30-31,36,43-48H,4,9,16H2,1-3,5-6H3/b8-7-,26-13+. The van der Waals surface area contributed by atoms with Crippen LogP contribution in [0, 0.1) is 11.8 Å². The molecular formula is C42H42O9. The Kier molecular flexibility index (Phi) is 10.3. The van der Waals surface area contributed by atoms with Gasteiger partial charge in [-0.05, 0) is 83.2 Å². The predicted octanol–water partition coefficient (Wildman–Crippen LogP) is 8.83. The topological polar surface area (TPSA) is 169 Å². The lowest BCUT2D eigenvalue weighted by atomic mass is 9.64. The van der Waals surface area contributed by atoms with E-state index in [0.717, 1.165) is 34.9 Å². The Bertz CT molecular complexity index is 2240. The first-order valence-corrected chi connectivity index (χ1v) is 16.6. The molecule has 3 atom stereocenters. The van der Waals surface area contributed by atoms with Crippen LogP contribution in [0.5, 0.6) is 34.5 Å². The molecule has 0 aliphatic heterocycles. The summed E-state index contributed by atoms with van der Waals surface area (Å²) in [6.07, 6.45) is 9.57. The molecule has 1 aromatic heterocycles. The molecule has 3 aromatic carbocycles. The Labute approximate surface area is 295 Å². The van der Waals surface area contributed by atoms with Crippen molar-refractivity contribution in [1.29, 1.82) is 0 Å². The summed E-state index contributed by atoms with van der Waals surface area (Å²) >= 11 is 0. The molecule has 0 spiro atoms. The molecule has 5 rings (SSSR count). The summed E-state index contributed by atoms with van der Waals surface area (Å²) in [6.45, 7) is 13.6. The Morgan fingerprint density at radius 2 is 1.57 bits per heavy atom. The van der Waals surface area contributed by atoms with Crippen molar-refractivity contribution in [3.63, 3.8) is 0 Å². The van der Waals surface area contributed by atoms with Crippen LogP contribution in [0.3, 0.4) is 0 Å². The molecule has 6 N–H and O–H groups in total. The summed E-state index contributed by atoms with van der Waals surface area (Å²) in [7, 11) is 0. The van der Waals surface area contributed by atoms with Crippen molar-refractivity contribution >= 4 is 16.8 Å². The van der Waals surface area contributed by atoms with Gasteiger partial charge in [0.15, 0.2) is 5.78 Å². The van der Waals surface area contributed by atoms with E-state index >= 15 is 0 Å². The van der Waals surface area contributed by atoms with E-state index < -0.39 is 46.2 Å². The maximum atomic E-state index is 14.8. The van der Waals surface area contributed by atoms with Gasteiger partial charge in [0, 0.05) is 41.2 Å². The van der Waals surface area contributed by atoms with Gasteiger partial charge in [0.05, 0.1) is 11.1 Å². The minimum Gasteiger partial charge on any atom is -0.508 e. The average Bonchev–Trinajstić information content (AvgIpc) is 3.03. The number of rotatable bonds is 9. The van der Waals surface area contributed by atoms with Crippen molar-refractivity contribution in [2.45, 2.75) is 53.4 Å². The maximum Gasteiger partial charge on any atom is 0.200 e. The number of carbonyl (C=O) groups is 1. The van der Waals surface area contributed by atoms with E-state index in [2.05, 4.69) is 6.58 Å². The molecule has 9 nitrogen and oxygen atoms in total. The quantitative estimate of drug-likeness (QED) is 0.0571. The number of Topliss-reactive ketones (excluding diaryl/α,β-unsaturated/α-hetero) is 1. The highest BCUT2D eigenvalue weighted by Crippen LogP contribution is 2.52. The van der Waals surface area contributed by atoms with Crippen LogP contribution in [0.15, 0.2) is 111 Å². The van der Waals surface area contributed by atoms with Gasteiger partial charge in [-0.1, -0.05) is 53.7 Å². The monoisotopic (exact) mass is 690 g/mol. The van der Waals surface area contributed by atoms with Crippen LogP contribution in [0.2, 0.25) is 0 Å². The number of benzene rings is 3. The molecular weight excluding hydrogens is 648 g/mol. The van der Waals surface area contributed by atoms with Gasteiger partial charge in [0.2, 0.25) is 5.43 Å². The summed E-state index contributed by atoms with van der Waals surface area (Å²) in [5.74, 6) is -5.32. The van der Waals surface area contributed by atoms with Gasteiger partial charge in [0.1, 0.15) is 51.2 Å². The highest BCUT2D eigenvalue weighted by molar-refractivity contribution is 6.02. The predicted molar refractivity (Wildman–Crippen MR) is 198 cm³/mol. The maximum absolute atomic E-state index is 14.8. The molecule has 51 heavy (non-hydrogen) atoms. The van der Waals surface area contributed by atoms with E-state index in [1.54, 1.807) is 19.1 Å². The molecule has 1 aliphatic carbocycles. The number of phenols is 6. The van der Waals surface area contributed by atoms with E-state index in [-0.39, 0.29) is 62.7 Å². The van der Waals surface area contributed by atoms with Crippen LogP contribution in [-0.2, 0) is 6.42 Å². The van der Waals surface area contributed by atoms with Crippen LogP contribution in [0.1, 0.15) is 68.4 Å². The second-order valence-corrected chi connectivity index (χ2v) is 13.3. The molecule has 1 aliphatic rings. The normalized spacial score (nSPS) is 17.8. The van der Waals surface area contributed by atoms with Crippen molar-refractivity contribution in [3.05, 3.63) is 129 Å². The first-order chi connectivity index (χ1) is 24.1. The average molecular weight is 691 g/mol. The van der Waals surface area contributed by atoms with Crippen molar-refractivity contribution in [2.75, 3.05) is 0 Å². The molecule has 0 fully saturated rings. The summed E-state index contributed by atoms with van der Waals surface area (Å²) in [5.41, 5.74) is 2.69. The first kappa shape index (κ1) is 36.3. The van der Waals surface area contributed by atoms with Crippen LogP contribution >= 0.6 is 0 Å². The Hall–Kier alpha value is -5.96. The molecule has 0 radical (unpaired) electrons. The van der Waals surface area contributed by atoms with E-state index in [4.69, 9.17) is 4.42 Å². The fourth-order valence-electron chi connectivity index (χ4n) is 6.92. The highest BCUT2D eigenvalue weighted by atomic mass is 16.3. The fraction of sp³-hybridized carbons (Fsp3) is 0.238. The number of ketones is 1. The van der Waals surface area contributed by atoms with Gasteiger partial charge < -0.3 is 35.1 Å². The highest BCUT2D eigenvalue weighted by Gasteiger charge is 2.43. The summed E-state index contributed by atoms with van der Waals surface area (Å²) in [4.78, 5) is 29.1. The summed E-state index contributed by atoms with van der Waals surface area (Å²) in [6, 6.07) is 8.59. The van der Waals surface area contributed by atoms with Crippen LogP contribution in [0.25, 0.3) is 22.3 Å². The van der Waals surface area contributed by atoms with Gasteiger partial charge in [-0.15, -0.1) is 0 Å². The third-order valence-corrected chi connectivity index (χ3v) is 9.24. The minimum absolute atomic E-state index is 0.0425. The van der Waals surface area contributed by atoms with Gasteiger partial charge in [-0.3, -0.25) is 9.59 Å². The molecule has 0 amide bonds. The molecule has 4 aromatic rings. The second-order valence-electron chi connectivity index (χ2n) is 13.3. The van der Waals surface area contributed by atoms with Gasteiger partial charge in [0.25, 0.3) is 0 Å². The van der Waals surface area contributed by atoms with E-state index in [9.17, 15) is 40.2 Å². The number of allylic oxidation sites excluding steroid dienone is 9. The number of hydrogen-bond acceptors (Lipinski definition) is 9. The fourth-order valence-corrected chi connectivity index (χ4v) is 6.92.